The van der Waals surface area contributed by atoms with Crippen molar-refractivity contribution in [1.29, 1.82) is 0 Å². The van der Waals surface area contributed by atoms with Crippen LogP contribution in [0.3, 0.4) is 0 Å². The van der Waals surface area contributed by atoms with E-state index in [1.807, 2.05) is 18.5 Å². The highest BCUT2D eigenvalue weighted by atomic mass is 32.2. The number of amides is 1. The minimum Gasteiger partial charge on any atom is -0.355 e. The van der Waals surface area contributed by atoms with Crippen LogP contribution in [0, 0.1) is 0 Å². The van der Waals surface area contributed by atoms with Crippen molar-refractivity contribution in [3.63, 3.8) is 0 Å². The summed E-state index contributed by atoms with van der Waals surface area (Å²) < 4.78 is 1.82. The number of aryl methyl sites for hydroxylation is 1. The zero-order valence-electron chi connectivity index (χ0n) is 12.1. The molecule has 1 atom stereocenters. The average molecular weight is 294 g/mol. The molecule has 2 rings (SSSR count). The molecule has 110 valence electrons. The zero-order valence-corrected chi connectivity index (χ0v) is 12.9. The molecule has 1 aliphatic rings. The number of nitrogens with zero attached hydrogens (tertiary/aromatic N) is 3. The first kappa shape index (κ1) is 15.1. The van der Waals surface area contributed by atoms with E-state index in [-0.39, 0.29) is 11.2 Å². The molecule has 0 radical (unpaired) electrons. The topological polar surface area (TPSA) is 59.8 Å². The second-order valence-corrected chi connectivity index (χ2v) is 6.44. The second kappa shape index (κ2) is 7.47. The molecule has 1 amide bonds. The number of hydrogen-bond donors (Lipinski definition) is 1. The monoisotopic (exact) mass is 294 g/mol. The summed E-state index contributed by atoms with van der Waals surface area (Å²) in [6.45, 7) is 2.63. The van der Waals surface area contributed by atoms with E-state index in [0.717, 1.165) is 18.1 Å². The van der Waals surface area contributed by atoms with Crippen LogP contribution in [-0.2, 0) is 11.8 Å². The molecule has 0 aromatic carbocycles. The third-order valence-corrected chi connectivity index (χ3v) is 4.60. The normalized spacial score (nSPS) is 16.6. The summed E-state index contributed by atoms with van der Waals surface area (Å²) in [4.78, 5) is 12.0. The molecule has 5 nitrogen and oxygen atoms in total. The quantitative estimate of drug-likeness (QED) is 0.646. The first-order valence-electron chi connectivity index (χ1n) is 7.13. The van der Waals surface area contributed by atoms with E-state index in [2.05, 4.69) is 21.6 Å². The van der Waals surface area contributed by atoms with Gasteiger partial charge in [-0.25, -0.2) is 0 Å². The van der Waals surface area contributed by atoms with E-state index in [9.17, 15) is 4.79 Å². The standard InChI is InChI=1S/C14H22N4OS/c1-11(20-14-17-16-10-18(14)2)13(19)15-9-8-12-6-4-3-5-7-12/h6,10-11H,3-5,7-9H2,1-2H3,(H,15,19)/t11-/m1/s1. The van der Waals surface area contributed by atoms with Crippen molar-refractivity contribution in [3.05, 3.63) is 18.0 Å². The van der Waals surface area contributed by atoms with Gasteiger partial charge in [-0.1, -0.05) is 23.4 Å². The number of carbonyl (C=O) groups excluding carboxylic acids is 1. The van der Waals surface area contributed by atoms with Crippen LogP contribution < -0.4 is 5.32 Å². The Morgan fingerprint density at radius 2 is 2.40 bits per heavy atom. The van der Waals surface area contributed by atoms with Crippen LogP contribution in [0.25, 0.3) is 0 Å². The fraction of sp³-hybridized carbons (Fsp3) is 0.643. The average Bonchev–Trinajstić information content (AvgIpc) is 2.85. The number of rotatable bonds is 6. The van der Waals surface area contributed by atoms with Crippen molar-refractivity contribution in [3.8, 4) is 0 Å². The van der Waals surface area contributed by atoms with Gasteiger partial charge in [-0.2, -0.15) is 0 Å². The summed E-state index contributed by atoms with van der Waals surface area (Å²) in [6.07, 6.45) is 9.93. The molecular formula is C14H22N4OS. The van der Waals surface area contributed by atoms with E-state index < -0.39 is 0 Å². The first-order valence-corrected chi connectivity index (χ1v) is 8.01. The van der Waals surface area contributed by atoms with E-state index in [4.69, 9.17) is 0 Å². The van der Waals surface area contributed by atoms with Crippen LogP contribution in [0.4, 0.5) is 0 Å². The maximum absolute atomic E-state index is 12.0. The summed E-state index contributed by atoms with van der Waals surface area (Å²) in [5.74, 6) is 0.0643. The molecule has 20 heavy (non-hydrogen) atoms. The SMILES string of the molecule is C[C@@H](Sc1nncn1C)C(=O)NCCC1=CCCCC1. The fourth-order valence-electron chi connectivity index (χ4n) is 2.21. The van der Waals surface area contributed by atoms with Crippen LogP contribution in [0.15, 0.2) is 23.1 Å². The summed E-state index contributed by atoms with van der Waals surface area (Å²) in [6, 6.07) is 0. The molecule has 0 aliphatic heterocycles. The number of carbonyl (C=O) groups is 1. The number of nitrogens with one attached hydrogen (secondary N) is 1. The Morgan fingerprint density at radius 3 is 3.05 bits per heavy atom. The Kier molecular flexibility index (Phi) is 5.64. The van der Waals surface area contributed by atoms with Crippen molar-refractivity contribution in [2.45, 2.75) is 49.4 Å². The zero-order chi connectivity index (χ0) is 14.4. The fourth-order valence-corrected chi connectivity index (χ4v) is 3.03. The minimum absolute atomic E-state index is 0.0643. The van der Waals surface area contributed by atoms with Crippen molar-refractivity contribution >= 4 is 17.7 Å². The van der Waals surface area contributed by atoms with E-state index >= 15 is 0 Å². The lowest BCUT2D eigenvalue weighted by Gasteiger charge is -2.14. The third kappa shape index (κ3) is 4.37. The van der Waals surface area contributed by atoms with Crippen LogP contribution in [-0.4, -0.2) is 32.5 Å². The molecule has 1 heterocycles. The maximum atomic E-state index is 12.0. The lowest BCUT2D eigenvalue weighted by molar-refractivity contribution is -0.120. The molecule has 1 N–H and O–H groups in total. The summed E-state index contributed by atoms with van der Waals surface area (Å²) in [5.41, 5.74) is 1.49. The predicted molar refractivity (Wildman–Crippen MR) is 80.5 cm³/mol. The minimum atomic E-state index is -0.154. The summed E-state index contributed by atoms with van der Waals surface area (Å²) >= 11 is 1.43. The molecule has 1 aromatic heterocycles. The Hall–Kier alpha value is -1.30. The smallest absolute Gasteiger partial charge is 0.233 e. The van der Waals surface area contributed by atoms with E-state index in [1.54, 1.807) is 6.33 Å². The van der Waals surface area contributed by atoms with Crippen LogP contribution in [0.1, 0.15) is 39.0 Å². The van der Waals surface area contributed by atoms with Crippen LogP contribution >= 0.6 is 11.8 Å². The van der Waals surface area contributed by atoms with Gasteiger partial charge in [0.05, 0.1) is 5.25 Å². The van der Waals surface area contributed by atoms with Crippen molar-refractivity contribution < 1.29 is 4.79 Å². The number of thioether (sulfide) groups is 1. The van der Waals surface area contributed by atoms with Gasteiger partial charge in [0.1, 0.15) is 6.33 Å². The van der Waals surface area contributed by atoms with Crippen molar-refractivity contribution in [1.82, 2.24) is 20.1 Å². The Labute approximate surface area is 124 Å². The number of hydrogen-bond acceptors (Lipinski definition) is 4. The van der Waals surface area contributed by atoms with Crippen molar-refractivity contribution in [2.75, 3.05) is 6.54 Å². The summed E-state index contributed by atoms with van der Waals surface area (Å²) in [5, 5.41) is 11.4. The van der Waals surface area contributed by atoms with Gasteiger partial charge in [0.25, 0.3) is 0 Å². The lowest BCUT2D eigenvalue weighted by atomic mass is 9.97. The largest absolute Gasteiger partial charge is 0.355 e. The highest BCUT2D eigenvalue weighted by Gasteiger charge is 2.16. The van der Waals surface area contributed by atoms with Gasteiger partial charge in [-0.15, -0.1) is 10.2 Å². The molecule has 0 saturated carbocycles. The molecule has 0 spiro atoms. The van der Waals surface area contributed by atoms with Crippen LogP contribution in [0.5, 0.6) is 0 Å². The molecular weight excluding hydrogens is 272 g/mol. The van der Waals surface area contributed by atoms with Gasteiger partial charge in [0.15, 0.2) is 5.16 Å². The van der Waals surface area contributed by atoms with E-state index in [1.165, 1.54) is 43.0 Å². The third-order valence-electron chi connectivity index (χ3n) is 3.45. The molecule has 6 heteroatoms. The molecule has 0 fully saturated rings. The molecule has 0 unspecified atom stereocenters. The number of allylic oxidation sites excluding steroid dienone is 1. The molecule has 0 saturated heterocycles. The molecule has 1 aromatic rings. The second-order valence-electron chi connectivity index (χ2n) is 5.13. The van der Waals surface area contributed by atoms with Crippen LogP contribution in [0.2, 0.25) is 0 Å². The van der Waals surface area contributed by atoms with Gasteiger partial charge in [-0.3, -0.25) is 4.79 Å². The number of aromatic nitrogens is 3. The van der Waals surface area contributed by atoms with Gasteiger partial charge in [-0.05, 0) is 39.0 Å². The predicted octanol–water partition coefficient (Wildman–Crippen LogP) is 2.30. The van der Waals surface area contributed by atoms with Gasteiger partial charge >= 0.3 is 0 Å². The van der Waals surface area contributed by atoms with Gasteiger partial charge in [0, 0.05) is 13.6 Å². The maximum Gasteiger partial charge on any atom is 0.233 e. The lowest BCUT2D eigenvalue weighted by Crippen LogP contribution is -2.32. The first-order chi connectivity index (χ1) is 9.66. The summed E-state index contributed by atoms with van der Waals surface area (Å²) in [7, 11) is 1.88. The van der Waals surface area contributed by atoms with Gasteiger partial charge < -0.3 is 9.88 Å². The van der Waals surface area contributed by atoms with E-state index in [0.29, 0.717) is 0 Å². The molecule has 1 aliphatic carbocycles. The Morgan fingerprint density at radius 1 is 1.55 bits per heavy atom. The highest BCUT2D eigenvalue weighted by Crippen LogP contribution is 2.21. The van der Waals surface area contributed by atoms with Crippen molar-refractivity contribution in [2.24, 2.45) is 7.05 Å². The Balaban J connectivity index is 1.71. The molecule has 0 bridgehead atoms. The van der Waals surface area contributed by atoms with Gasteiger partial charge in [0.2, 0.25) is 5.91 Å². The Bertz CT molecular complexity index is 483. The highest BCUT2D eigenvalue weighted by molar-refractivity contribution is 8.00.